The van der Waals surface area contributed by atoms with Crippen molar-refractivity contribution in [3.8, 4) is 0 Å². The summed E-state index contributed by atoms with van der Waals surface area (Å²) in [4.78, 5) is 39.6. The molecule has 1 heterocycles. The lowest BCUT2D eigenvalue weighted by atomic mass is 10.3. The summed E-state index contributed by atoms with van der Waals surface area (Å²) >= 11 is 0. The molecule has 2 fully saturated rings. The summed E-state index contributed by atoms with van der Waals surface area (Å²) in [7, 11) is 1.60. The molecule has 3 amide bonds. The normalized spacial score (nSPS) is 20.5. The fourth-order valence-electron chi connectivity index (χ4n) is 3.17. The van der Waals surface area contributed by atoms with Crippen LogP contribution >= 0.6 is 0 Å². The van der Waals surface area contributed by atoms with Crippen molar-refractivity contribution >= 4 is 17.9 Å². The highest BCUT2D eigenvalue weighted by molar-refractivity contribution is 5.79. The summed E-state index contributed by atoms with van der Waals surface area (Å²) in [6.07, 6.45) is 0.723. The van der Waals surface area contributed by atoms with Gasteiger partial charge < -0.3 is 34.1 Å². The fraction of sp³-hybridized carbons (Fsp3) is 0.842. The van der Waals surface area contributed by atoms with Gasteiger partial charge in [0.2, 0.25) is 5.91 Å². The highest BCUT2D eigenvalue weighted by Gasteiger charge is 2.45. The van der Waals surface area contributed by atoms with Crippen LogP contribution < -0.4 is 5.32 Å². The van der Waals surface area contributed by atoms with Crippen LogP contribution in [0.15, 0.2) is 0 Å². The van der Waals surface area contributed by atoms with E-state index in [1.807, 2.05) is 0 Å². The summed E-state index contributed by atoms with van der Waals surface area (Å²) in [6, 6.07) is -0.113. The molecule has 0 unspecified atom stereocenters. The maximum Gasteiger partial charge on any atom is 0.317 e. The van der Waals surface area contributed by atoms with Gasteiger partial charge in [0.05, 0.1) is 39.0 Å². The molecule has 166 valence electrons. The summed E-state index contributed by atoms with van der Waals surface area (Å²) in [5.41, 5.74) is 0. The molecule has 0 aromatic carbocycles. The SMILES string of the molecule is CCOC(=O)[C@@H]1C[C@@H]1CN(CCN1CCNC1=O)C(=O)COCCOCCOC. The Morgan fingerprint density at radius 1 is 1.21 bits per heavy atom. The second-order valence-electron chi connectivity index (χ2n) is 7.07. The monoisotopic (exact) mass is 415 g/mol. The Morgan fingerprint density at radius 3 is 2.66 bits per heavy atom. The summed E-state index contributed by atoms with van der Waals surface area (Å²) in [5.74, 6) is -0.400. The summed E-state index contributed by atoms with van der Waals surface area (Å²) in [5, 5.41) is 2.75. The molecule has 10 nitrogen and oxygen atoms in total. The van der Waals surface area contributed by atoms with Crippen LogP contribution in [0.5, 0.6) is 0 Å². The zero-order chi connectivity index (χ0) is 21.1. The molecule has 29 heavy (non-hydrogen) atoms. The standard InChI is InChI=1S/C19H33N3O7/c1-3-29-18(24)16-12-15(16)13-22(7-6-21-5-4-20-19(21)25)17(23)14-28-11-10-27-9-8-26-2/h15-16H,3-14H2,1-2H3,(H,20,25)/t15-,16-/m1/s1. The van der Waals surface area contributed by atoms with Gasteiger partial charge in [-0.05, 0) is 19.3 Å². The predicted molar refractivity (Wildman–Crippen MR) is 103 cm³/mol. The van der Waals surface area contributed by atoms with Gasteiger partial charge in [-0.15, -0.1) is 0 Å². The third-order valence-electron chi connectivity index (χ3n) is 4.93. The van der Waals surface area contributed by atoms with Gasteiger partial charge in [-0.3, -0.25) is 9.59 Å². The van der Waals surface area contributed by atoms with Crippen molar-refractivity contribution in [2.45, 2.75) is 13.3 Å². The lowest BCUT2D eigenvalue weighted by Gasteiger charge is -2.25. The Labute approximate surface area is 171 Å². The van der Waals surface area contributed by atoms with Crippen LogP contribution in [0.1, 0.15) is 13.3 Å². The van der Waals surface area contributed by atoms with Crippen LogP contribution in [0.2, 0.25) is 0 Å². The first-order valence-corrected chi connectivity index (χ1v) is 10.2. The van der Waals surface area contributed by atoms with Crippen LogP contribution in [-0.4, -0.2) is 107 Å². The van der Waals surface area contributed by atoms with Crippen LogP contribution in [0.25, 0.3) is 0 Å². The predicted octanol–water partition coefficient (Wildman–Crippen LogP) is -0.281. The van der Waals surface area contributed by atoms with Gasteiger partial charge in [0, 0.05) is 39.8 Å². The third-order valence-corrected chi connectivity index (χ3v) is 4.93. The van der Waals surface area contributed by atoms with E-state index in [0.29, 0.717) is 65.8 Å². The van der Waals surface area contributed by atoms with E-state index in [-0.39, 0.29) is 36.4 Å². The van der Waals surface area contributed by atoms with Gasteiger partial charge in [-0.2, -0.15) is 0 Å². The van der Waals surface area contributed by atoms with E-state index in [9.17, 15) is 14.4 Å². The smallest absolute Gasteiger partial charge is 0.317 e. The molecule has 1 N–H and O–H groups in total. The van der Waals surface area contributed by atoms with Crippen molar-refractivity contribution in [1.82, 2.24) is 15.1 Å². The number of carbonyl (C=O) groups is 3. The van der Waals surface area contributed by atoms with Crippen molar-refractivity contribution in [2.24, 2.45) is 11.8 Å². The molecule has 0 aromatic rings. The molecule has 0 aromatic heterocycles. The molecule has 1 saturated heterocycles. The van der Waals surface area contributed by atoms with Crippen molar-refractivity contribution in [2.75, 3.05) is 79.5 Å². The number of carbonyl (C=O) groups excluding carboxylic acids is 3. The van der Waals surface area contributed by atoms with Gasteiger partial charge in [0.25, 0.3) is 0 Å². The number of esters is 1. The molecule has 2 atom stereocenters. The Balaban J connectivity index is 1.76. The van der Waals surface area contributed by atoms with E-state index < -0.39 is 0 Å². The number of hydrogen-bond acceptors (Lipinski definition) is 7. The third kappa shape index (κ3) is 8.15. The Bertz CT molecular complexity index is 546. The molecule has 0 bridgehead atoms. The van der Waals surface area contributed by atoms with E-state index in [1.54, 1.807) is 23.8 Å². The number of nitrogens with one attached hydrogen (secondary N) is 1. The van der Waals surface area contributed by atoms with Crippen molar-refractivity contribution in [3.63, 3.8) is 0 Å². The molecular formula is C19H33N3O7. The molecule has 1 aliphatic carbocycles. The second-order valence-corrected chi connectivity index (χ2v) is 7.07. The van der Waals surface area contributed by atoms with E-state index >= 15 is 0 Å². The molecule has 10 heteroatoms. The van der Waals surface area contributed by atoms with Crippen LogP contribution in [0.4, 0.5) is 4.79 Å². The molecule has 0 spiro atoms. The minimum absolute atomic E-state index is 0.0589. The van der Waals surface area contributed by atoms with E-state index in [4.69, 9.17) is 18.9 Å². The van der Waals surface area contributed by atoms with Gasteiger partial charge >= 0.3 is 12.0 Å². The maximum absolute atomic E-state index is 12.6. The fourth-order valence-corrected chi connectivity index (χ4v) is 3.17. The number of rotatable bonds is 15. The number of ether oxygens (including phenoxy) is 4. The molecule has 1 saturated carbocycles. The zero-order valence-electron chi connectivity index (χ0n) is 17.4. The van der Waals surface area contributed by atoms with Crippen molar-refractivity contribution < 1.29 is 33.3 Å². The number of nitrogens with zero attached hydrogens (tertiary/aromatic N) is 2. The van der Waals surface area contributed by atoms with Gasteiger partial charge in [-0.1, -0.05) is 0 Å². The topological polar surface area (TPSA) is 107 Å². The number of methoxy groups -OCH3 is 1. The van der Waals surface area contributed by atoms with E-state index in [0.717, 1.165) is 6.42 Å². The van der Waals surface area contributed by atoms with E-state index in [2.05, 4.69) is 5.32 Å². The Morgan fingerprint density at radius 2 is 1.97 bits per heavy atom. The number of urea groups is 1. The quantitative estimate of drug-likeness (QED) is 0.290. The number of hydrogen-bond donors (Lipinski definition) is 1. The van der Waals surface area contributed by atoms with Crippen LogP contribution in [0, 0.1) is 11.8 Å². The highest BCUT2D eigenvalue weighted by atomic mass is 16.5. The molecule has 2 aliphatic rings. The average Bonchev–Trinajstić information content (AvgIpc) is 3.36. The molecular weight excluding hydrogens is 382 g/mol. The first kappa shape index (κ1) is 23.4. The van der Waals surface area contributed by atoms with Crippen molar-refractivity contribution in [1.29, 1.82) is 0 Å². The second kappa shape index (κ2) is 12.6. The minimum atomic E-state index is -0.201. The summed E-state index contributed by atoms with van der Waals surface area (Å²) in [6.45, 7) is 6.34. The van der Waals surface area contributed by atoms with Gasteiger partial charge in [0.15, 0.2) is 0 Å². The molecule has 2 rings (SSSR count). The maximum atomic E-state index is 12.6. The lowest BCUT2D eigenvalue weighted by Crippen LogP contribution is -2.42. The van der Waals surface area contributed by atoms with Crippen molar-refractivity contribution in [3.05, 3.63) is 0 Å². The van der Waals surface area contributed by atoms with E-state index in [1.165, 1.54) is 0 Å². The first-order chi connectivity index (χ1) is 14.1. The lowest BCUT2D eigenvalue weighted by molar-refractivity contribution is -0.145. The molecule has 1 aliphatic heterocycles. The Kier molecular flexibility index (Phi) is 10.2. The molecule has 0 radical (unpaired) electrons. The van der Waals surface area contributed by atoms with Crippen LogP contribution in [-0.2, 0) is 28.5 Å². The largest absolute Gasteiger partial charge is 0.466 e. The highest BCUT2D eigenvalue weighted by Crippen LogP contribution is 2.40. The Hall–Kier alpha value is -1.91. The first-order valence-electron chi connectivity index (χ1n) is 10.2. The number of amides is 3. The zero-order valence-corrected chi connectivity index (χ0v) is 17.4. The minimum Gasteiger partial charge on any atom is -0.466 e. The van der Waals surface area contributed by atoms with Crippen LogP contribution in [0.3, 0.4) is 0 Å². The van der Waals surface area contributed by atoms with Gasteiger partial charge in [-0.25, -0.2) is 4.79 Å². The average molecular weight is 415 g/mol. The summed E-state index contributed by atoms with van der Waals surface area (Å²) < 4.78 is 20.7. The van der Waals surface area contributed by atoms with Gasteiger partial charge in [0.1, 0.15) is 6.61 Å².